The van der Waals surface area contributed by atoms with E-state index >= 15 is 0 Å². The van der Waals surface area contributed by atoms with Crippen LogP contribution in [0.2, 0.25) is 5.02 Å². The van der Waals surface area contributed by atoms with Crippen molar-refractivity contribution in [3.8, 4) is 17.0 Å². The van der Waals surface area contributed by atoms with Gasteiger partial charge in [0, 0.05) is 16.3 Å². The molecule has 0 radical (unpaired) electrons. The van der Waals surface area contributed by atoms with Gasteiger partial charge in [0.25, 0.3) is 5.91 Å². The lowest BCUT2D eigenvalue weighted by atomic mass is 10.1. The summed E-state index contributed by atoms with van der Waals surface area (Å²) in [6, 6.07) is 22.3. The molecule has 0 aliphatic rings. The van der Waals surface area contributed by atoms with Crippen LogP contribution in [0.25, 0.3) is 27.9 Å². The number of benzene rings is 3. The molecule has 0 unspecified atom stereocenters. The molecule has 3 aromatic carbocycles. The maximum Gasteiger partial charge on any atom is 0.278 e. The number of rotatable bonds is 4. The Labute approximate surface area is 182 Å². The average molecular weight is 430 g/mol. The molecular formula is C23H16ClN5O2. The minimum Gasteiger partial charge on any atom is -0.355 e. The van der Waals surface area contributed by atoms with E-state index < -0.39 is 0 Å². The minimum atomic E-state index is -0.359. The molecule has 0 atom stereocenters. The van der Waals surface area contributed by atoms with Crippen LogP contribution in [0.5, 0.6) is 0 Å². The van der Waals surface area contributed by atoms with Crippen LogP contribution >= 0.6 is 11.6 Å². The highest BCUT2D eigenvalue weighted by atomic mass is 35.5. The maximum absolute atomic E-state index is 12.7. The Balaban J connectivity index is 1.50. The second kappa shape index (κ2) is 7.70. The number of carbonyl (C=O) groups excluding carboxylic acids is 1. The van der Waals surface area contributed by atoms with Crippen LogP contribution in [-0.4, -0.2) is 26.1 Å². The minimum absolute atomic E-state index is 0.230. The second-order valence-corrected chi connectivity index (χ2v) is 7.42. The molecule has 0 aliphatic carbocycles. The molecule has 0 spiro atoms. The van der Waals surface area contributed by atoms with Crippen LogP contribution in [-0.2, 0) is 0 Å². The van der Waals surface area contributed by atoms with Crippen molar-refractivity contribution in [2.75, 3.05) is 5.32 Å². The first-order chi connectivity index (χ1) is 15.1. The SMILES string of the molecule is Cc1c(C(=O)Nc2cccc(Cl)c2)nnn1-c1ccc2noc(-c3ccccc3)c2c1. The highest BCUT2D eigenvalue weighted by Gasteiger charge is 2.19. The monoisotopic (exact) mass is 429 g/mol. The Bertz CT molecular complexity index is 1410. The molecule has 0 bridgehead atoms. The average Bonchev–Trinajstić information content (AvgIpc) is 3.37. The van der Waals surface area contributed by atoms with Gasteiger partial charge in [-0.05, 0) is 43.3 Å². The van der Waals surface area contributed by atoms with Crippen molar-refractivity contribution in [3.05, 3.63) is 89.2 Å². The summed E-state index contributed by atoms with van der Waals surface area (Å²) >= 11 is 5.99. The standard InChI is InChI=1S/C23H16ClN5O2/c1-14-21(23(30)25-17-9-5-8-16(24)12-17)26-28-29(14)18-10-11-20-19(13-18)22(31-27-20)15-6-3-2-4-7-15/h2-13H,1H3,(H,25,30). The summed E-state index contributed by atoms with van der Waals surface area (Å²) in [4.78, 5) is 12.7. The molecule has 5 rings (SSSR count). The fourth-order valence-electron chi connectivity index (χ4n) is 3.40. The molecule has 8 heteroatoms. The molecule has 31 heavy (non-hydrogen) atoms. The number of aromatic nitrogens is 4. The van der Waals surface area contributed by atoms with Gasteiger partial charge >= 0.3 is 0 Å². The highest BCUT2D eigenvalue weighted by molar-refractivity contribution is 6.31. The zero-order valence-electron chi connectivity index (χ0n) is 16.4. The van der Waals surface area contributed by atoms with Crippen LogP contribution in [0.15, 0.2) is 77.3 Å². The summed E-state index contributed by atoms with van der Waals surface area (Å²) in [7, 11) is 0. The van der Waals surface area contributed by atoms with Gasteiger partial charge in [0.05, 0.1) is 16.8 Å². The third-order valence-electron chi connectivity index (χ3n) is 4.93. The van der Waals surface area contributed by atoms with Crippen LogP contribution in [0, 0.1) is 6.92 Å². The molecule has 0 fully saturated rings. The number of hydrogen-bond donors (Lipinski definition) is 1. The molecule has 1 amide bonds. The number of anilines is 1. The Hall–Kier alpha value is -3.97. The predicted octanol–water partition coefficient (Wildman–Crippen LogP) is 5.29. The molecule has 5 aromatic rings. The van der Waals surface area contributed by atoms with E-state index in [0.29, 0.717) is 22.2 Å². The zero-order valence-corrected chi connectivity index (χ0v) is 17.2. The van der Waals surface area contributed by atoms with E-state index in [9.17, 15) is 4.79 Å². The van der Waals surface area contributed by atoms with Crippen molar-refractivity contribution < 1.29 is 9.32 Å². The first-order valence-corrected chi connectivity index (χ1v) is 9.92. The van der Waals surface area contributed by atoms with Crippen LogP contribution < -0.4 is 5.32 Å². The predicted molar refractivity (Wildman–Crippen MR) is 119 cm³/mol. The second-order valence-electron chi connectivity index (χ2n) is 6.98. The van der Waals surface area contributed by atoms with Gasteiger partial charge in [-0.15, -0.1) is 5.10 Å². The van der Waals surface area contributed by atoms with E-state index in [-0.39, 0.29) is 11.6 Å². The van der Waals surface area contributed by atoms with E-state index in [1.807, 2.05) is 48.5 Å². The quantitative estimate of drug-likeness (QED) is 0.419. The fraction of sp³-hybridized carbons (Fsp3) is 0.0435. The van der Waals surface area contributed by atoms with Gasteiger partial charge in [-0.3, -0.25) is 4.79 Å². The van der Waals surface area contributed by atoms with Gasteiger partial charge in [0.15, 0.2) is 11.5 Å². The highest BCUT2D eigenvalue weighted by Crippen LogP contribution is 2.30. The molecule has 2 heterocycles. The summed E-state index contributed by atoms with van der Waals surface area (Å²) in [6.45, 7) is 1.79. The largest absolute Gasteiger partial charge is 0.355 e. The van der Waals surface area contributed by atoms with Gasteiger partial charge in [-0.25, -0.2) is 4.68 Å². The zero-order chi connectivity index (χ0) is 21.4. The lowest BCUT2D eigenvalue weighted by molar-refractivity contribution is 0.102. The van der Waals surface area contributed by atoms with Gasteiger partial charge in [0.1, 0.15) is 5.52 Å². The molecule has 152 valence electrons. The van der Waals surface area contributed by atoms with E-state index in [1.54, 1.807) is 35.9 Å². The van der Waals surface area contributed by atoms with Crippen molar-refractivity contribution in [2.45, 2.75) is 6.92 Å². The maximum atomic E-state index is 12.7. The van der Waals surface area contributed by atoms with Crippen molar-refractivity contribution >= 4 is 34.1 Å². The number of fused-ring (bicyclic) bond motifs is 1. The molecule has 0 aliphatic heterocycles. The third-order valence-corrected chi connectivity index (χ3v) is 5.17. The molecule has 7 nitrogen and oxygen atoms in total. The van der Waals surface area contributed by atoms with Gasteiger partial charge < -0.3 is 9.84 Å². The smallest absolute Gasteiger partial charge is 0.278 e. The first-order valence-electron chi connectivity index (χ1n) is 9.54. The van der Waals surface area contributed by atoms with E-state index in [4.69, 9.17) is 16.1 Å². The summed E-state index contributed by atoms with van der Waals surface area (Å²) in [6.07, 6.45) is 0. The van der Waals surface area contributed by atoms with Crippen molar-refractivity contribution in [1.29, 1.82) is 0 Å². The van der Waals surface area contributed by atoms with Crippen molar-refractivity contribution in [2.24, 2.45) is 0 Å². The van der Waals surface area contributed by atoms with Gasteiger partial charge in [-0.2, -0.15) is 0 Å². The fourth-order valence-corrected chi connectivity index (χ4v) is 3.59. The van der Waals surface area contributed by atoms with Crippen LogP contribution in [0.4, 0.5) is 5.69 Å². The Kier molecular flexibility index (Phi) is 4.72. The number of carbonyl (C=O) groups is 1. The van der Waals surface area contributed by atoms with Crippen LogP contribution in [0.3, 0.4) is 0 Å². The molecule has 2 aromatic heterocycles. The lowest BCUT2D eigenvalue weighted by Crippen LogP contribution is -2.14. The number of amides is 1. The van der Waals surface area contributed by atoms with E-state index in [1.165, 1.54) is 0 Å². The van der Waals surface area contributed by atoms with Gasteiger partial charge in [0.2, 0.25) is 0 Å². The van der Waals surface area contributed by atoms with E-state index in [2.05, 4.69) is 20.8 Å². The Morgan fingerprint density at radius 2 is 1.87 bits per heavy atom. The van der Waals surface area contributed by atoms with Crippen molar-refractivity contribution in [1.82, 2.24) is 20.2 Å². The number of halogens is 1. The molecule has 0 saturated carbocycles. The van der Waals surface area contributed by atoms with Gasteiger partial charge in [-0.1, -0.05) is 58.4 Å². The van der Waals surface area contributed by atoms with Crippen molar-refractivity contribution in [3.63, 3.8) is 0 Å². The summed E-state index contributed by atoms with van der Waals surface area (Å²) < 4.78 is 7.19. The normalized spacial score (nSPS) is 11.0. The first kappa shape index (κ1) is 19.0. The lowest BCUT2D eigenvalue weighted by Gasteiger charge is -2.06. The summed E-state index contributed by atoms with van der Waals surface area (Å²) in [5, 5.41) is 16.6. The Morgan fingerprint density at radius 3 is 2.68 bits per heavy atom. The Morgan fingerprint density at radius 1 is 1.03 bits per heavy atom. The number of nitrogens with one attached hydrogen (secondary N) is 1. The number of nitrogens with zero attached hydrogens (tertiary/aromatic N) is 4. The number of hydrogen-bond acceptors (Lipinski definition) is 5. The molecule has 1 N–H and O–H groups in total. The van der Waals surface area contributed by atoms with E-state index in [0.717, 1.165) is 22.2 Å². The molecular weight excluding hydrogens is 414 g/mol. The third kappa shape index (κ3) is 3.55. The van der Waals surface area contributed by atoms with Crippen LogP contribution in [0.1, 0.15) is 16.2 Å². The summed E-state index contributed by atoms with van der Waals surface area (Å²) in [5.41, 5.74) is 3.84. The molecule has 0 saturated heterocycles. The topological polar surface area (TPSA) is 85.8 Å². The summed E-state index contributed by atoms with van der Waals surface area (Å²) in [5.74, 6) is 0.316.